The summed E-state index contributed by atoms with van der Waals surface area (Å²) in [5.41, 5.74) is 4.57. The van der Waals surface area contributed by atoms with Crippen LogP contribution in [0.5, 0.6) is 0 Å². The van der Waals surface area contributed by atoms with Gasteiger partial charge in [-0.2, -0.15) is 0 Å². The highest BCUT2D eigenvalue weighted by Crippen LogP contribution is 2.17. The Bertz CT molecular complexity index is 425. The van der Waals surface area contributed by atoms with E-state index in [1.54, 1.807) is 5.51 Å². The molecule has 2 heterocycles. The van der Waals surface area contributed by atoms with Crippen LogP contribution in [0.2, 0.25) is 0 Å². The second-order valence-corrected chi connectivity index (χ2v) is 4.36. The Labute approximate surface area is 98.8 Å². The minimum Gasteiger partial charge on any atom is -0.386 e. The fourth-order valence-corrected chi connectivity index (χ4v) is 2.07. The van der Waals surface area contributed by atoms with Crippen molar-refractivity contribution >= 4 is 11.3 Å². The van der Waals surface area contributed by atoms with Crippen LogP contribution in [0.15, 0.2) is 29.2 Å². The van der Waals surface area contributed by atoms with Crippen LogP contribution in [0.4, 0.5) is 0 Å². The Morgan fingerprint density at radius 2 is 2.25 bits per heavy atom. The quantitative estimate of drug-likeness (QED) is 0.883. The van der Waals surface area contributed by atoms with Crippen LogP contribution in [-0.2, 0) is 12.8 Å². The lowest BCUT2D eigenvalue weighted by Crippen LogP contribution is -2.03. The summed E-state index contributed by atoms with van der Waals surface area (Å²) in [7, 11) is 0. The van der Waals surface area contributed by atoms with Crippen LogP contribution in [0.1, 0.15) is 30.0 Å². The molecule has 1 unspecified atom stereocenters. The Morgan fingerprint density at radius 3 is 2.81 bits per heavy atom. The maximum absolute atomic E-state index is 9.89. The molecule has 0 aliphatic rings. The number of thiazole rings is 1. The average Bonchev–Trinajstić information content (AvgIpc) is 2.83. The smallest absolute Gasteiger partial charge is 0.102 e. The van der Waals surface area contributed by atoms with Gasteiger partial charge in [0.2, 0.25) is 0 Å². The van der Waals surface area contributed by atoms with Crippen LogP contribution in [-0.4, -0.2) is 15.1 Å². The molecule has 0 radical (unpaired) electrons. The minimum atomic E-state index is -0.550. The van der Waals surface area contributed by atoms with Crippen molar-refractivity contribution in [1.82, 2.24) is 9.97 Å². The molecule has 0 aliphatic heterocycles. The number of aromatic nitrogens is 2. The molecule has 3 nitrogen and oxygen atoms in total. The molecule has 84 valence electrons. The van der Waals surface area contributed by atoms with Crippen molar-refractivity contribution < 1.29 is 5.11 Å². The van der Waals surface area contributed by atoms with Gasteiger partial charge in [0.15, 0.2) is 0 Å². The highest BCUT2D eigenvalue weighted by Gasteiger charge is 2.10. The molecule has 1 atom stereocenters. The highest BCUT2D eigenvalue weighted by molar-refractivity contribution is 7.07. The van der Waals surface area contributed by atoms with Crippen molar-refractivity contribution in [3.05, 3.63) is 46.2 Å². The van der Waals surface area contributed by atoms with Crippen molar-refractivity contribution in [2.24, 2.45) is 0 Å². The molecule has 16 heavy (non-hydrogen) atoms. The molecule has 0 bridgehead atoms. The van der Waals surface area contributed by atoms with Crippen molar-refractivity contribution in [1.29, 1.82) is 0 Å². The molecule has 0 aromatic carbocycles. The minimum absolute atomic E-state index is 0.522. The van der Waals surface area contributed by atoms with Gasteiger partial charge in [0.05, 0.1) is 11.2 Å². The molecule has 2 aromatic heterocycles. The third kappa shape index (κ3) is 2.65. The van der Waals surface area contributed by atoms with Gasteiger partial charge >= 0.3 is 0 Å². The summed E-state index contributed by atoms with van der Waals surface area (Å²) < 4.78 is 0. The van der Waals surface area contributed by atoms with Crippen LogP contribution in [0, 0.1) is 0 Å². The van der Waals surface area contributed by atoms with Gasteiger partial charge in [-0.25, -0.2) is 4.98 Å². The number of nitrogens with zero attached hydrogens (tertiary/aromatic N) is 2. The van der Waals surface area contributed by atoms with Crippen LogP contribution in [0.25, 0.3) is 0 Å². The van der Waals surface area contributed by atoms with E-state index in [0.717, 1.165) is 17.8 Å². The third-order valence-electron chi connectivity index (χ3n) is 2.49. The van der Waals surface area contributed by atoms with Gasteiger partial charge < -0.3 is 5.11 Å². The summed E-state index contributed by atoms with van der Waals surface area (Å²) in [4.78, 5) is 8.40. The molecule has 0 saturated carbocycles. The summed E-state index contributed by atoms with van der Waals surface area (Å²) in [5.74, 6) is 0. The third-order valence-corrected chi connectivity index (χ3v) is 3.09. The molecule has 1 N–H and O–H groups in total. The van der Waals surface area contributed by atoms with Crippen molar-refractivity contribution in [2.75, 3.05) is 0 Å². The van der Waals surface area contributed by atoms with Crippen molar-refractivity contribution in [2.45, 2.75) is 25.9 Å². The van der Waals surface area contributed by atoms with Gasteiger partial charge in [-0.3, -0.25) is 4.98 Å². The SMILES string of the molecule is CCc1ccc(CC(O)c2cscn2)nc1. The van der Waals surface area contributed by atoms with E-state index < -0.39 is 6.10 Å². The first-order valence-corrected chi connectivity index (χ1v) is 6.24. The number of rotatable bonds is 4. The van der Waals surface area contributed by atoms with E-state index in [-0.39, 0.29) is 0 Å². The van der Waals surface area contributed by atoms with E-state index in [1.807, 2.05) is 17.6 Å². The number of pyridine rings is 1. The number of aliphatic hydroxyl groups is 1. The van der Waals surface area contributed by atoms with Crippen LogP contribution >= 0.6 is 11.3 Å². The summed E-state index contributed by atoms with van der Waals surface area (Å²) in [6.07, 6.45) is 2.82. The average molecular weight is 234 g/mol. The molecular formula is C12H14N2OS. The van der Waals surface area contributed by atoms with E-state index in [0.29, 0.717) is 6.42 Å². The molecule has 0 fully saturated rings. The van der Waals surface area contributed by atoms with Gasteiger partial charge in [-0.1, -0.05) is 13.0 Å². The topological polar surface area (TPSA) is 46.0 Å². The van der Waals surface area contributed by atoms with E-state index in [4.69, 9.17) is 0 Å². The standard InChI is InChI=1S/C12H14N2OS/c1-2-9-3-4-10(13-6-9)5-12(15)11-7-16-8-14-11/h3-4,6-8,12,15H,2,5H2,1H3. The van der Waals surface area contributed by atoms with E-state index >= 15 is 0 Å². The lowest BCUT2D eigenvalue weighted by molar-refractivity contribution is 0.173. The fraction of sp³-hybridized carbons (Fsp3) is 0.333. The van der Waals surface area contributed by atoms with Gasteiger partial charge in [0.25, 0.3) is 0 Å². The van der Waals surface area contributed by atoms with E-state index in [2.05, 4.69) is 23.0 Å². The van der Waals surface area contributed by atoms with E-state index in [1.165, 1.54) is 16.9 Å². The van der Waals surface area contributed by atoms with Crippen molar-refractivity contribution in [3.8, 4) is 0 Å². The molecular weight excluding hydrogens is 220 g/mol. The predicted molar refractivity (Wildman–Crippen MR) is 64.4 cm³/mol. The van der Waals surface area contributed by atoms with Gasteiger partial charge in [-0.15, -0.1) is 11.3 Å². The maximum Gasteiger partial charge on any atom is 0.102 e. The molecule has 0 aliphatic carbocycles. The normalized spacial score (nSPS) is 12.6. The monoisotopic (exact) mass is 234 g/mol. The lowest BCUT2D eigenvalue weighted by Gasteiger charge is -2.07. The van der Waals surface area contributed by atoms with Gasteiger partial charge in [-0.05, 0) is 18.1 Å². The lowest BCUT2D eigenvalue weighted by atomic mass is 10.1. The Balaban J connectivity index is 2.03. The van der Waals surface area contributed by atoms with Crippen LogP contribution < -0.4 is 0 Å². The molecule has 0 saturated heterocycles. The molecule has 0 amide bonds. The largest absolute Gasteiger partial charge is 0.386 e. The zero-order valence-electron chi connectivity index (χ0n) is 9.13. The van der Waals surface area contributed by atoms with Gasteiger partial charge in [0.1, 0.15) is 6.10 Å². The summed E-state index contributed by atoms with van der Waals surface area (Å²) in [6.45, 7) is 2.10. The predicted octanol–water partition coefficient (Wildman–Crippen LogP) is 2.38. The maximum atomic E-state index is 9.89. The number of aryl methyl sites for hydroxylation is 1. The van der Waals surface area contributed by atoms with Crippen LogP contribution in [0.3, 0.4) is 0 Å². The molecule has 4 heteroatoms. The molecule has 2 aromatic rings. The summed E-state index contributed by atoms with van der Waals surface area (Å²) in [5, 5.41) is 11.8. The number of hydrogen-bond donors (Lipinski definition) is 1. The molecule has 0 spiro atoms. The summed E-state index contributed by atoms with van der Waals surface area (Å²) in [6, 6.07) is 4.02. The first-order valence-electron chi connectivity index (χ1n) is 5.29. The Hall–Kier alpha value is -1.26. The fourth-order valence-electron chi connectivity index (χ4n) is 1.47. The summed E-state index contributed by atoms with van der Waals surface area (Å²) >= 11 is 1.49. The van der Waals surface area contributed by atoms with E-state index in [9.17, 15) is 5.11 Å². The first-order chi connectivity index (χ1) is 7.79. The highest BCUT2D eigenvalue weighted by atomic mass is 32.1. The zero-order valence-corrected chi connectivity index (χ0v) is 9.94. The number of hydrogen-bond acceptors (Lipinski definition) is 4. The second kappa shape index (κ2) is 5.18. The zero-order chi connectivity index (χ0) is 11.4. The number of aliphatic hydroxyl groups excluding tert-OH is 1. The first kappa shape index (κ1) is 11.2. The van der Waals surface area contributed by atoms with Crippen molar-refractivity contribution in [3.63, 3.8) is 0 Å². The Morgan fingerprint density at radius 1 is 1.38 bits per heavy atom. The Kier molecular flexibility index (Phi) is 3.64. The molecule has 2 rings (SSSR count). The second-order valence-electron chi connectivity index (χ2n) is 3.64. The van der Waals surface area contributed by atoms with Gasteiger partial charge in [0, 0.05) is 23.7 Å².